The average molecular weight is 200 g/mol. The summed E-state index contributed by atoms with van der Waals surface area (Å²) < 4.78 is 10.6. The molecule has 0 bridgehead atoms. The summed E-state index contributed by atoms with van der Waals surface area (Å²) in [6.07, 6.45) is 0.227. The van der Waals surface area contributed by atoms with E-state index in [9.17, 15) is 0 Å². The highest BCUT2D eigenvalue weighted by atomic mass is 16.5. The van der Waals surface area contributed by atoms with Gasteiger partial charge in [-0.2, -0.15) is 5.26 Å². The second-order valence-electron chi connectivity index (χ2n) is 3.67. The van der Waals surface area contributed by atoms with Crippen LogP contribution < -0.4 is 5.32 Å². The molecule has 0 heterocycles. The van der Waals surface area contributed by atoms with Gasteiger partial charge in [-0.05, 0) is 27.8 Å². The summed E-state index contributed by atoms with van der Waals surface area (Å²) in [5, 5.41) is 11.7. The van der Waals surface area contributed by atoms with Crippen LogP contribution >= 0.6 is 0 Å². The quantitative estimate of drug-likeness (QED) is 0.621. The Bertz CT molecular complexity index is 189. The molecule has 0 radical (unpaired) electrons. The molecule has 0 saturated heterocycles. The minimum Gasteiger partial charge on any atom is -0.376 e. The highest BCUT2D eigenvalue weighted by Gasteiger charge is 2.20. The van der Waals surface area contributed by atoms with Crippen molar-refractivity contribution in [2.24, 2.45) is 0 Å². The Hall–Kier alpha value is -0.630. The van der Waals surface area contributed by atoms with Crippen molar-refractivity contribution >= 4 is 0 Å². The molecule has 0 aliphatic heterocycles. The third-order valence-electron chi connectivity index (χ3n) is 1.87. The van der Waals surface area contributed by atoms with Crippen LogP contribution in [0.2, 0.25) is 0 Å². The third-order valence-corrected chi connectivity index (χ3v) is 1.87. The number of nitrogens with one attached hydrogen (secondary N) is 1. The first-order valence-electron chi connectivity index (χ1n) is 4.83. The monoisotopic (exact) mass is 200 g/mol. The van der Waals surface area contributed by atoms with Gasteiger partial charge in [0.1, 0.15) is 5.54 Å². The third kappa shape index (κ3) is 5.92. The van der Waals surface area contributed by atoms with E-state index in [1.54, 1.807) is 14.0 Å². The second-order valence-corrected chi connectivity index (χ2v) is 3.67. The van der Waals surface area contributed by atoms with Gasteiger partial charge in [-0.15, -0.1) is 0 Å². The fourth-order valence-electron chi connectivity index (χ4n) is 0.779. The smallest absolute Gasteiger partial charge is 0.127 e. The van der Waals surface area contributed by atoms with Crippen LogP contribution in [0.5, 0.6) is 0 Å². The number of hydrogen-bond donors (Lipinski definition) is 1. The van der Waals surface area contributed by atoms with Crippen molar-refractivity contribution in [3.63, 3.8) is 0 Å². The molecule has 0 aliphatic rings. The van der Waals surface area contributed by atoms with Gasteiger partial charge in [-0.1, -0.05) is 0 Å². The van der Waals surface area contributed by atoms with Gasteiger partial charge in [0.2, 0.25) is 0 Å². The van der Waals surface area contributed by atoms with Gasteiger partial charge in [-0.3, -0.25) is 0 Å². The molecule has 1 N–H and O–H groups in total. The van der Waals surface area contributed by atoms with Gasteiger partial charge in [0.05, 0.1) is 32.0 Å². The summed E-state index contributed by atoms with van der Waals surface area (Å²) in [5.74, 6) is 0. The van der Waals surface area contributed by atoms with Crippen molar-refractivity contribution in [2.75, 3.05) is 26.9 Å². The highest BCUT2D eigenvalue weighted by Crippen LogP contribution is 2.01. The lowest BCUT2D eigenvalue weighted by Gasteiger charge is -2.20. The van der Waals surface area contributed by atoms with Crippen LogP contribution in [0.15, 0.2) is 0 Å². The maximum atomic E-state index is 8.81. The summed E-state index contributed by atoms with van der Waals surface area (Å²) >= 11 is 0. The lowest BCUT2D eigenvalue weighted by atomic mass is 10.1. The van der Waals surface area contributed by atoms with E-state index in [0.29, 0.717) is 19.8 Å². The molecule has 4 nitrogen and oxygen atoms in total. The first kappa shape index (κ1) is 13.4. The summed E-state index contributed by atoms with van der Waals surface area (Å²) in [6.45, 7) is 7.23. The second kappa shape index (κ2) is 6.77. The molecule has 0 aromatic carbocycles. The van der Waals surface area contributed by atoms with E-state index in [1.165, 1.54) is 0 Å². The summed E-state index contributed by atoms with van der Waals surface area (Å²) in [5.41, 5.74) is -0.599. The molecule has 4 heteroatoms. The van der Waals surface area contributed by atoms with E-state index in [2.05, 4.69) is 11.4 Å². The van der Waals surface area contributed by atoms with Gasteiger partial charge in [0.15, 0.2) is 0 Å². The van der Waals surface area contributed by atoms with Crippen molar-refractivity contribution in [3.05, 3.63) is 0 Å². The van der Waals surface area contributed by atoms with Gasteiger partial charge in [0.25, 0.3) is 0 Å². The van der Waals surface area contributed by atoms with Crippen molar-refractivity contribution in [2.45, 2.75) is 32.4 Å². The number of likely N-dealkylation sites (N-methyl/N-ethyl adjacent to an activating group) is 1. The van der Waals surface area contributed by atoms with Gasteiger partial charge in [0, 0.05) is 0 Å². The summed E-state index contributed by atoms with van der Waals surface area (Å²) in [4.78, 5) is 0. The average Bonchev–Trinajstić information content (AvgIpc) is 2.16. The Balaban J connectivity index is 3.49. The van der Waals surface area contributed by atoms with Crippen LogP contribution in [-0.4, -0.2) is 38.5 Å². The van der Waals surface area contributed by atoms with Crippen LogP contribution in [0.3, 0.4) is 0 Å². The number of nitriles is 1. The standard InChI is InChI=1S/C10H20N2O2/c1-9(2)14-6-5-13-8-10(3,7-11)12-4/h9,12H,5-6,8H2,1-4H3. The number of nitrogens with zero attached hydrogens (tertiary/aromatic N) is 1. The van der Waals surface area contributed by atoms with Crippen LogP contribution in [0.25, 0.3) is 0 Å². The predicted molar refractivity (Wildman–Crippen MR) is 55.0 cm³/mol. The van der Waals surface area contributed by atoms with E-state index >= 15 is 0 Å². The molecule has 14 heavy (non-hydrogen) atoms. The maximum absolute atomic E-state index is 8.81. The molecule has 0 aromatic heterocycles. The van der Waals surface area contributed by atoms with E-state index in [-0.39, 0.29) is 6.10 Å². The number of rotatable bonds is 7. The zero-order valence-electron chi connectivity index (χ0n) is 9.46. The van der Waals surface area contributed by atoms with Crippen LogP contribution in [0.1, 0.15) is 20.8 Å². The fraction of sp³-hybridized carbons (Fsp3) is 0.900. The fourth-order valence-corrected chi connectivity index (χ4v) is 0.779. The molecular formula is C10H20N2O2. The Morgan fingerprint density at radius 3 is 2.50 bits per heavy atom. The van der Waals surface area contributed by atoms with Crippen molar-refractivity contribution in [3.8, 4) is 6.07 Å². The first-order chi connectivity index (χ1) is 6.54. The Labute approximate surface area is 86.2 Å². The topological polar surface area (TPSA) is 54.3 Å². The molecule has 0 aromatic rings. The van der Waals surface area contributed by atoms with Gasteiger partial charge < -0.3 is 14.8 Å². The van der Waals surface area contributed by atoms with E-state index < -0.39 is 5.54 Å². The van der Waals surface area contributed by atoms with E-state index in [4.69, 9.17) is 14.7 Å². The first-order valence-corrected chi connectivity index (χ1v) is 4.83. The summed E-state index contributed by atoms with van der Waals surface area (Å²) in [6, 6.07) is 2.15. The minimum absolute atomic E-state index is 0.227. The lowest BCUT2D eigenvalue weighted by Crippen LogP contribution is -2.43. The van der Waals surface area contributed by atoms with Crippen molar-refractivity contribution in [1.82, 2.24) is 5.32 Å². The number of ether oxygens (including phenoxy) is 2. The SMILES string of the molecule is CNC(C)(C#N)COCCOC(C)C. The Morgan fingerprint density at radius 1 is 1.43 bits per heavy atom. The molecule has 0 aliphatic carbocycles. The van der Waals surface area contributed by atoms with E-state index in [1.807, 2.05) is 13.8 Å². The van der Waals surface area contributed by atoms with Crippen LogP contribution in [0.4, 0.5) is 0 Å². The van der Waals surface area contributed by atoms with E-state index in [0.717, 1.165) is 0 Å². The molecule has 0 spiro atoms. The molecule has 0 fully saturated rings. The Morgan fingerprint density at radius 2 is 2.07 bits per heavy atom. The molecule has 0 rings (SSSR count). The van der Waals surface area contributed by atoms with Crippen molar-refractivity contribution < 1.29 is 9.47 Å². The highest BCUT2D eigenvalue weighted by molar-refractivity contribution is 5.02. The van der Waals surface area contributed by atoms with Gasteiger partial charge in [-0.25, -0.2) is 0 Å². The van der Waals surface area contributed by atoms with Crippen molar-refractivity contribution in [1.29, 1.82) is 5.26 Å². The van der Waals surface area contributed by atoms with Gasteiger partial charge >= 0.3 is 0 Å². The Kier molecular flexibility index (Phi) is 6.46. The zero-order chi connectivity index (χ0) is 11.0. The predicted octanol–water partition coefficient (Wildman–Crippen LogP) is 0.930. The minimum atomic E-state index is -0.599. The molecular weight excluding hydrogens is 180 g/mol. The molecule has 82 valence electrons. The normalized spacial score (nSPS) is 15.1. The maximum Gasteiger partial charge on any atom is 0.127 e. The van der Waals surface area contributed by atoms with Crippen LogP contribution in [-0.2, 0) is 9.47 Å². The molecule has 0 amide bonds. The molecule has 1 atom stereocenters. The summed E-state index contributed by atoms with van der Waals surface area (Å²) in [7, 11) is 1.75. The number of hydrogen-bond acceptors (Lipinski definition) is 4. The van der Waals surface area contributed by atoms with Crippen LogP contribution in [0, 0.1) is 11.3 Å². The largest absolute Gasteiger partial charge is 0.376 e. The molecule has 1 unspecified atom stereocenters. The zero-order valence-corrected chi connectivity index (χ0v) is 9.46. The lowest BCUT2D eigenvalue weighted by molar-refractivity contribution is 0.00978. The molecule has 0 saturated carbocycles.